The number of pyridine rings is 1. The van der Waals surface area contributed by atoms with Crippen molar-refractivity contribution in [2.75, 3.05) is 11.9 Å². The molecule has 0 unspecified atom stereocenters. The van der Waals surface area contributed by atoms with E-state index in [4.69, 9.17) is 9.47 Å². The number of nitrogens with zero attached hydrogens (tertiary/aromatic N) is 4. The predicted octanol–water partition coefficient (Wildman–Crippen LogP) is 3.56. The molecule has 2 heterocycles. The number of hydrogen-bond donors (Lipinski definition) is 2. The van der Waals surface area contributed by atoms with Crippen molar-refractivity contribution in [2.45, 2.75) is 58.0 Å². The minimum atomic E-state index is -0.766. The lowest BCUT2D eigenvalue weighted by molar-refractivity contribution is -0.143. The number of anilines is 1. The number of aryl methyl sites for hydroxylation is 2. The highest BCUT2D eigenvalue weighted by Crippen LogP contribution is 2.33. The van der Waals surface area contributed by atoms with Crippen LogP contribution < -0.4 is 10.1 Å². The summed E-state index contributed by atoms with van der Waals surface area (Å²) >= 11 is 0. The summed E-state index contributed by atoms with van der Waals surface area (Å²) in [7, 11) is 1.68. The fourth-order valence-electron chi connectivity index (χ4n) is 3.99. The van der Waals surface area contributed by atoms with Gasteiger partial charge in [-0.1, -0.05) is 18.1 Å². The Morgan fingerprint density at radius 2 is 2.06 bits per heavy atom. The molecule has 0 saturated heterocycles. The molecule has 2 aromatic rings. The quantitative estimate of drug-likeness (QED) is 0.634. The highest BCUT2D eigenvalue weighted by molar-refractivity contribution is 5.88. The second-order valence-electron chi connectivity index (χ2n) is 8.62. The largest absolute Gasteiger partial charge is 0.489 e. The Morgan fingerprint density at radius 1 is 1.25 bits per heavy atom. The number of hydrogen-bond acceptors (Lipinski definition) is 7. The average Bonchev–Trinajstić information content (AvgIpc) is 3.52. The fourth-order valence-corrected chi connectivity index (χ4v) is 3.99. The van der Waals surface area contributed by atoms with E-state index < -0.39 is 12.1 Å². The number of aliphatic carboxylic acids is 1. The van der Waals surface area contributed by atoms with E-state index in [9.17, 15) is 14.7 Å². The summed E-state index contributed by atoms with van der Waals surface area (Å²) in [5, 5.41) is 20.2. The van der Waals surface area contributed by atoms with Gasteiger partial charge in [0, 0.05) is 7.05 Å². The Morgan fingerprint density at radius 3 is 2.78 bits per heavy atom. The second-order valence-corrected chi connectivity index (χ2v) is 8.62. The Hall–Kier alpha value is -3.17. The maximum Gasteiger partial charge on any atom is 0.412 e. The number of rotatable bonds is 8. The highest BCUT2D eigenvalue weighted by Gasteiger charge is 2.28. The van der Waals surface area contributed by atoms with Crippen molar-refractivity contribution in [1.82, 2.24) is 20.0 Å². The van der Waals surface area contributed by atoms with Gasteiger partial charge in [0.2, 0.25) is 0 Å². The lowest BCUT2D eigenvalue weighted by Gasteiger charge is -2.27. The summed E-state index contributed by atoms with van der Waals surface area (Å²) in [5.74, 6) is 0.574. The molecular weight excluding hydrogens is 414 g/mol. The molecule has 4 rings (SSSR count). The molecule has 0 bridgehead atoms. The van der Waals surface area contributed by atoms with Crippen LogP contribution in [0.25, 0.3) is 11.4 Å². The van der Waals surface area contributed by atoms with Gasteiger partial charge in [0.15, 0.2) is 11.5 Å². The van der Waals surface area contributed by atoms with Gasteiger partial charge in [0.05, 0.1) is 30.0 Å². The SMILES string of the molecule is Cc1nc(-c2nnn(C)c2NC(=O)OCCC2CC2)ccc1O[C@H]1CCC[C@H](C(=O)O)C1. The molecule has 0 radical (unpaired) electrons. The minimum Gasteiger partial charge on any atom is -0.489 e. The van der Waals surface area contributed by atoms with E-state index in [2.05, 4.69) is 20.6 Å². The number of carboxylic acid groups (broad SMARTS) is 1. The third-order valence-electron chi connectivity index (χ3n) is 6.05. The van der Waals surface area contributed by atoms with Crippen molar-refractivity contribution >= 4 is 17.9 Å². The Labute approximate surface area is 186 Å². The van der Waals surface area contributed by atoms with E-state index in [0.717, 1.165) is 19.3 Å². The third-order valence-corrected chi connectivity index (χ3v) is 6.05. The molecule has 2 N–H and O–H groups in total. The number of amides is 1. The first-order chi connectivity index (χ1) is 15.4. The summed E-state index contributed by atoms with van der Waals surface area (Å²) < 4.78 is 12.8. The topological polar surface area (TPSA) is 128 Å². The average molecular weight is 444 g/mol. The number of carbonyl (C=O) groups is 2. The van der Waals surface area contributed by atoms with Crippen molar-refractivity contribution in [3.63, 3.8) is 0 Å². The molecule has 0 aliphatic heterocycles. The summed E-state index contributed by atoms with van der Waals surface area (Å²) in [6, 6.07) is 3.56. The van der Waals surface area contributed by atoms with Crippen LogP contribution >= 0.6 is 0 Å². The van der Waals surface area contributed by atoms with Crippen LogP contribution in [0.4, 0.5) is 10.6 Å². The van der Waals surface area contributed by atoms with Crippen LogP contribution in [0.2, 0.25) is 0 Å². The van der Waals surface area contributed by atoms with Crippen molar-refractivity contribution in [1.29, 1.82) is 0 Å². The van der Waals surface area contributed by atoms with Crippen molar-refractivity contribution < 1.29 is 24.2 Å². The molecule has 2 saturated carbocycles. The molecule has 10 nitrogen and oxygen atoms in total. The molecule has 32 heavy (non-hydrogen) atoms. The first-order valence-electron chi connectivity index (χ1n) is 11.1. The maximum atomic E-state index is 12.2. The molecule has 2 aliphatic carbocycles. The van der Waals surface area contributed by atoms with Crippen LogP contribution in [0, 0.1) is 18.8 Å². The van der Waals surface area contributed by atoms with Gasteiger partial charge in [0.25, 0.3) is 0 Å². The van der Waals surface area contributed by atoms with Crippen molar-refractivity contribution in [3.05, 3.63) is 17.8 Å². The molecule has 1 amide bonds. The molecule has 2 aromatic heterocycles. The van der Waals surface area contributed by atoms with Gasteiger partial charge in [-0.2, -0.15) is 0 Å². The number of aromatic nitrogens is 4. The minimum absolute atomic E-state index is 0.143. The smallest absolute Gasteiger partial charge is 0.412 e. The number of ether oxygens (including phenoxy) is 2. The van der Waals surface area contributed by atoms with E-state index >= 15 is 0 Å². The zero-order valence-electron chi connectivity index (χ0n) is 18.4. The van der Waals surface area contributed by atoms with Crippen molar-refractivity contribution in [3.8, 4) is 17.1 Å². The third kappa shape index (κ3) is 5.35. The van der Waals surface area contributed by atoms with Gasteiger partial charge in [-0.3, -0.25) is 10.1 Å². The highest BCUT2D eigenvalue weighted by atomic mass is 16.5. The standard InChI is InChI=1S/C22H29N5O5/c1-13-18(32-16-5-3-4-15(12-16)21(28)29)9-8-17(23-13)19-20(27(2)26-25-19)24-22(30)31-11-10-14-6-7-14/h8-9,14-16H,3-7,10-12H2,1-2H3,(H,24,30)(H,28,29)/t15-,16-/m0/s1. The molecule has 0 aromatic carbocycles. The van der Waals surface area contributed by atoms with Gasteiger partial charge in [-0.05, 0) is 57.1 Å². The van der Waals surface area contributed by atoms with Crippen LogP contribution in [-0.2, 0) is 16.6 Å². The summed E-state index contributed by atoms with van der Waals surface area (Å²) in [5.41, 5.74) is 1.64. The monoisotopic (exact) mass is 443 g/mol. The van der Waals surface area contributed by atoms with Crippen molar-refractivity contribution in [2.24, 2.45) is 18.9 Å². The normalized spacial score (nSPS) is 20.6. The second kappa shape index (κ2) is 9.54. The van der Waals surface area contributed by atoms with E-state index in [1.165, 1.54) is 17.5 Å². The molecule has 2 aliphatic rings. The number of carboxylic acids is 1. The van der Waals surface area contributed by atoms with Gasteiger partial charge in [0.1, 0.15) is 5.75 Å². The van der Waals surface area contributed by atoms with E-state index in [1.807, 2.05) is 6.92 Å². The Balaban J connectivity index is 1.42. The van der Waals surface area contributed by atoms with E-state index in [-0.39, 0.29) is 12.0 Å². The van der Waals surface area contributed by atoms with Crippen LogP contribution in [0.15, 0.2) is 12.1 Å². The summed E-state index contributed by atoms with van der Waals surface area (Å²) in [6.45, 7) is 2.22. The zero-order valence-corrected chi connectivity index (χ0v) is 18.4. The van der Waals surface area contributed by atoms with Crippen LogP contribution in [0.1, 0.15) is 50.6 Å². The Bertz CT molecular complexity index is 987. The van der Waals surface area contributed by atoms with Gasteiger partial charge >= 0.3 is 12.1 Å². The first-order valence-corrected chi connectivity index (χ1v) is 11.1. The lowest BCUT2D eigenvalue weighted by atomic mass is 9.87. The maximum absolute atomic E-state index is 12.2. The van der Waals surface area contributed by atoms with Crippen LogP contribution in [0.3, 0.4) is 0 Å². The van der Waals surface area contributed by atoms with Gasteiger partial charge in [-0.15, -0.1) is 5.10 Å². The fraction of sp³-hybridized carbons (Fsp3) is 0.591. The number of nitrogens with one attached hydrogen (secondary N) is 1. The first kappa shape index (κ1) is 22.0. The van der Waals surface area contributed by atoms with Crippen LogP contribution in [0.5, 0.6) is 5.75 Å². The number of carbonyl (C=O) groups excluding carboxylic acids is 1. The van der Waals surface area contributed by atoms with Crippen LogP contribution in [-0.4, -0.2) is 49.9 Å². The van der Waals surface area contributed by atoms with Gasteiger partial charge in [-0.25, -0.2) is 14.5 Å². The molecular formula is C22H29N5O5. The molecule has 2 atom stereocenters. The molecule has 172 valence electrons. The summed E-state index contributed by atoms with van der Waals surface area (Å²) in [4.78, 5) is 28.1. The lowest BCUT2D eigenvalue weighted by Crippen LogP contribution is -2.29. The van der Waals surface area contributed by atoms with Gasteiger partial charge < -0.3 is 14.6 Å². The predicted molar refractivity (Wildman–Crippen MR) is 115 cm³/mol. The van der Waals surface area contributed by atoms with E-state index in [1.54, 1.807) is 19.2 Å². The Kier molecular flexibility index (Phi) is 6.57. The molecule has 0 spiro atoms. The van der Waals surface area contributed by atoms with E-state index in [0.29, 0.717) is 54.0 Å². The molecule has 2 fully saturated rings. The molecule has 10 heteroatoms. The zero-order chi connectivity index (χ0) is 22.7. The summed E-state index contributed by atoms with van der Waals surface area (Å²) in [6.07, 6.45) is 5.48.